The molecule has 13 heteroatoms. The van der Waals surface area contributed by atoms with E-state index in [1.165, 1.54) is 108 Å². The van der Waals surface area contributed by atoms with Crippen LogP contribution in [0.3, 0.4) is 0 Å². The molecule has 0 aromatic heterocycles. The van der Waals surface area contributed by atoms with Crippen LogP contribution >= 0.6 is 7.82 Å². The lowest BCUT2D eigenvalue weighted by atomic mass is 10.0. The standard InChI is InChI=1S/C34H52N3O9P/c1-4-5-6-7-8-9-10-11-12-13-14-15-16-25-34(38)31(35)26-44-47(43,45-27(2)29-21-17-19-23-32(29)36(39)40)46-28(3)30-22-18-20-24-33(30)37(41)42/h16-25,27-28,31,34,38H,4-15,26,35H2,1-3H3/b25-16+/t27-,28-,31+,34-/m1/s1. The molecule has 4 atom stereocenters. The second-order valence-electron chi connectivity index (χ2n) is 11.8. The van der Waals surface area contributed by atoms with Gasteiger partial charge in [0.15, 0.2) is 0 Å². The molecule has 0 unspecified atom stereocenters. The summed E-state index contributed by atoms with van der Waals surface area (Å²) < 4.78 is 31.0. The molecule has 3 N–H and O–H groups in total. The molecule has 0 heterocycles. The molecule has 0 radical (unpaired) electrons. The van der Waals surface area contributed by atoms with Crippen LogP contribution in [0.4, 0.5) is 11.4 Å². The molecule has 0 aliphatic rings. The summed E-state index contributed by atoms with van der Waals surface area (Å²) in [6.45, 7) is 4.67. The Hall–Kier alpha value is -2.99. The van der Waals surface area contributed by atoms with E-state index in [9.17, 15) is 29.9 Å². The third kappa shape index (κ3) is 14.8. The van der Waals surface area contributed by atoms with Crippen molar-refractivity contribution in [2.75, 3.05) is 6.61 Å². The van der Waals surface area contributed by atoms with Crippen LogP contribution < -0.4 is 5.73 Å². The van der Waals surface area contributed by atoms with Crippen LogP contribution in [0.25, 0.3) is 0 Å². The normalized spacial score (nSPS) is 14.6. The van der Waals surface area contributed by atoms with Crippen LogP contribution in [0.1, 0.15) is 121 Å². The van der Waals surface area contributed by atoms with Gasteiger partial charge in [-0.2, -0.15) is 0 Å². The van der Waals surface area contributed by atoms with E-state index in [0.29, 0.717) is 0 Å². The molecule has 0 bridgehead atoms. The minimum Gasteiger partial charge on any atom is -0.387 e. The minimum absolute atomic E-state index is 0.123. The lowest BCUT2D eigenvalue weighted by Crippen LogP contribution is -2.37. The van der Waals surface area contributed by atoms with Crippen molar-refractivity contribution < 1.29 is 33.1 Å². The van der Waals surface area contributed by atoms with Gasteiger partial charge in [0.2, 0.25) is 0 Å². The molecule has 2 aromatic rings. The topological polar surface area (TPSA) is 177 Å². The Labute approximate surface area is 278 Å². The van der Waals surface area contributed by atoms with E-state index in [4.69, 9.17) is 19.3 Å². The Morgan fingerprint density at radius 2 is 1.21 bits per heavy atom. The van der Waals surface area contributed by atoms with Gasteiger partial charge in [-0.15, -0.1) is 0 Å². The predicted molar refractivity (Wildman–Crippen MR) is 183 cm³/mol. The maximum Gasteiger partial charge on any atom is 0.476 e. The van der Waals surface area contributed by atoms with Crippen molar-refractivity contribution in [2.45, 2.75) is 122 Å². The van der Waals surface area contributed by atoms with E-state index >= 15 is 0 Å². The maximum absolute atomic E-state index is 14.0. The van der Waals surface area contributed by atoms with Crippen molar-refractivity contribution in [2.24, 2.45) is 5.73 Å². The molecule has 0 fully saturated rings. The molecule has 2 rings (SSSR count). The van der Waals surface area contributed by atoms with E-state index < -0.39 is 48.6 Å². The summed E-state index contributed by atoms with van der Waals surface area (Å²) in [6.07, 6.45) is 14.5. The molecule has 12 nitrogen and oxygen atoms in total. The number of phosphoric ester groups is 1. The number of nitro benzene ring substituents is 2. The number of benzene rings is 2. The Kier molecular flexibility index (Phi) is 18.6. The molecule has 0 aliphatic heterocycles. The second kappa shape index (κ2) is 21.8. The van der Waals surface area contributed by atoms with Crippen LogP contribution in [0.5, 0.6) is 0 Å². The van der Waals surface area contributed by atoms with Gasteiger partial charge in [-0.3, -0.25) is 33.8 Å². The van der Waals surface area contributed by atoms with Crippen molar-refractivity contribution in [1.82, 2.24) is 0 Å². The summed E-state index contributed by atoms with van der Waals surface area (Å²) in [5.41, 5.74) is 5.88. The number of nitro groups is 2. The zero-order valence-electron chi connectivity index (χ0n) is 27.9. The molecule has 0 amide bonds. The van der Waals surface area contributed by atoms with Gasteiger partial charge in [-0.25, -0.2) is 4.57 Å². The highest BCUT2D eigenvalue weighted by Crippen LogP contribution is 2.57. The summed E-state index contributed by atoms with van der Waals surface area (Å²) in [5.74, 6) is 0. The Bertz CT molecular complexity index is 1240. The third-order valence-electron chi connectivity index (χ3n) is 7.89. The first-order valence-corrected chi connectivity index (χ1v) is 18.1. The molecule has 0 saturated carbocycles. The van der Waals surface area contributed by atoms with Crippen LogP contribution in [0.2, 0.25) is 0 Å². The number of aliphatic hydroxyl groups is 1. The fourth-order valence-corrected chi connectivity index (χ4v) is 6.69. The molecular formula is C34H52N3O9P. The van der Waals surface area contributed by atoms with Gasteiger partial charge in [0, 0.05) is 12.1 Å². The van der Waals surface area contributed by atoms with E-state index in [-0.39, 0.29) is 22.5 Å². The van der Waals surface area contributed by atoms with Gasteiger partial charge in [0.25, 0.3) is 11.4 Å². The van der Waals surface area contributed by atoms with Crippen molar-refractivity contribution >= 4 is 19.2 Å². The highest BCUT2D eigenvalue weighted by molar-refractivity contribution is 7.48. The average molecular weight is 678 g/mol. The first-order chi connectivity index (χ1) is 22.5. The van der Waals surface area contributed by atoms with Gasteiger partial charge in [-0.1, -0.05) is 108 Å². The smallest absolute Gasteiger partial charge is 0.387 e. The van der Waals surface area contributed by atoms with E-state index in [0.717, 1.165) is 19.3 Å². The number of phosphoric acid groups is 1. The molecule has 0 aliphatic carbocycles. The number of rotatable bonds is 25. The quantitative estimate of drug-likeness (QED) is 0.0338. The minimum atomic E-state index is -4.58. The van der Waals surface area contributed by atoms with Gasteiger partial charge in [0.1, 0.15) is 0 Å². The van der Waals surface area contributed by atoms with E-state index in [1.54, 1.807) is 18.2 Å². The number of para-hydroxylation sites is 2. The SMILES string of the molecule is CCCCCCCCCCCCC/C=C/[C@@H](O)[C@@H](N)COP(=O)(O[C@H](C)c1ccccc1[N+](=O)[O-])O[C@H](C)c1ccccc1[N+](=O)[O-]. The summed E-state index contributed by atoms with van der Waals surface area (Å²) in [4.78, 5) is 22.0. The van der Waals surface area contributed by atoms with E-state index in [1.807, 2.05) is 6.08 Å². The Morgan fingerprint density at radius 1 is 0.787 bits per heavy atom. The zero-order chi connectivity index (χ0) is 34.7. The Balaban J connectivity index is 1.98. The predicted octanol–water partition coefficient (Wildman–Crippen LogP) is 9.43. The highest BCUT2D eigenvalue weighted by atomic mass is 31.2. The van der Waals surface area contributed by atoms with Crippen LogP contribution in [0.15, 0.2) is 60.7 Å². The van der Waals surface area contributed by atoms with Gasteiger partial charge >= 0.3 is 7.82 Å². The van der Waals surface area contributed by atoms with Crippen molar-refractivity contribution in [1.29, 1.82) is 0 Å². The monoisotopic (exact) mass is 677 g/mol. The number of nitrogens with zero attached hydrogens (tertiary/aromatic N) is 2. The van der Waals surface area contributed by atoms with Gasteiger partial charge < -0.3 is 10.8 Å². The highest BCUT2D eigenvalue weighted by Gasteiger charge is 2.37. The molecule has 0 saturated heterocycles. The maximum atomic E-state index is 14.0. The number of aliphatic hydroxyl groups excluding tert-OH is 1. The number of hydrogen-bond donors (Lipinski definition) is 2. The molecule has 2 aromatic carbocycles. The van der Waals surface area contributed by atoms with E-state index in [2.05, 4.69) is 6.92 Å². The lowest BCUT2D eigenvalue weighted by Gasteiger charge is -2.26. The van der Waals surface area contributed by atoms with Crippen LogP contribution in [-0.2, 0) is 18.1 Å². The second-order valence-corrected chi connectivity index (χ2v) is 13.4. The van der Waals surface area contributed by atoms with Crippen LogP contribution in [0, 0.1) is 20.2 Å². The van der Waals surface area contributed by atoms with Crippen molar-refractivity contribution in [3.63, 3.8) is 0 Å². The zero-order valence-corrected chi connectivity index (χ0v) is 28.8. The first-order valence-electron chi connectivity index (χ1n) is 16.7. The summed E-state index contributed by atoms with van der Waals surface area (Å²) >= 11 is 0. The average Bonchev–Trinajstić information content (AvgIpc) is 3.05. The van der Waals surface area contributed by atoms with Crippen molar-refractivity contribution in [3.05, 3.63) is 92.0 Å². The summed E-state index contributed by atoms with van der Waals surface area (Å²) in [6, 6.07) is 10.6. The number of nitrogens with two attached hydrogens (primary N) is 1. The fourth-order valence-electron chi connectivity index (χ4n) is 5.16. The van der Waals surface area contributed by atoms with Crippen molar-refractivity contribution in [3.8, 4) is 0 Å². The summed E-state index contributed by atoms with van der Waals surface area (Å²) in [7, 11) is -4.58. The fraction of sp³-hybridized carbons (Fsp3) is 0.588. The number of allylic oxidation sites excluding steroid dienone is 1. The first kappa shape index (κ1) is 40.2. The molecular weight excluding hydrogens is 625 g/mol. The number of unbranched alkanes of at least 4 members (excludes halogenated alkanes) is 11. The van der Waals surface area contributed by atoms with Gasteiger partial charge in [0.05, 0.1) is 51.9 Å². The Morgan fingerprint density at radius 3 is 1.66 bits per heavy atom. The molecule has 262 valence electrons. The molecule has 0 spiro atoms. The van der Waals surface area contributed by atoms with Crippen LogP contribution in [-0.4, -0.2) is 33.7 Å². The summed E-state index contributed by atoms with van der Waals surface area (Å²) in [5, 5.41) is 33.8. The largest absolute Gasteiger partial charge is 0.476 e. The van der Waals surface area contributed by atoms with Gasteiger partial charge in [-0.05, 0) is 38.8 Å². The number of hydrogen-bond acceptors (Lipinski definition) is 10. The molecule has 47 heavy (non-hydrogen) atoms. The third-order valence-corrected chi connectivity index (χ3v) is 9.50. The lowest BCUT2D eigenvalue weighted by molar-refractivity contribution is -0.386.